The SMILES string of the molecule is CC[C@@H](SC[C@@H](C)c1ccccc1)C(N)=O. The van der Waals surface area contributed by atoms with Gasteiger partial charge in [0.05, 0.1) is 5.25 Å². The molecule has 2 atom stereocenters. The highest BCUT2D eigenvalue weighted by atomic mass is 32.2. The van der Waals surface area contributed by atoms with Gasteiger partial charge in [0.1, 0.15) is 0 Å². The Morgan fingerprint density at radius 2 is 2.00 bits per heavy atom. The van der Waals surface area contributed by atoms with E-state index in [1.165, 1.54) is 5.56 Å². The van der Waals surface area contributed by atoms with Crippen molar-refractivity contribution in [2.24, 2.45) is 5.73 Å². The minimum Gasteiger partial charge on any atom is -0.369 e. The van der Waals surface area contributed by atoms with E-state index in [1.54, 1.807) is 11.8 Å². The van der Waals surface area contributed by atoms with Crippen LogP contribution in [0.3, 0.4) is 0 Å². The van der Waals surface area contributed by atoms with E-state index in [-0.39, 0.29) is 11.2 Å². The second kappa shape index (κ2) is 6.59. The van der Waals surface area contributed by atoms with Crippen molar-refractivity contribution in [3.8, 4) is 0 Å². The van der Waals surface area contributed by atoms with E-state index in [1.807, 2.05) is 25.1 Å². The lowest BCUT2D eigenvalue weighted by Gasteiger charge is -2.15. The summed E-state index contributed by atoms with van der Waals surface area (Å²) < 4.78 is 0. The Bertz CT molecular complexity index is 326. The van der Waals surface area contributed by atoms with Crippen molar-refractivity contribution in [2.45, 2.75) is 31.4 Å². The minimum atomic E-state index is -0.201. The lowest BCUT2D eigenvalue weighted by Crippen LogP contribution is -2.25. The van der Waals surface area contributed by atoms with Crippen LogP contribution in [0.2, 0.25) is 0 Å². The summed E-state index contributed by atoms with van der Waals surface area (Å²) in [7, 11) is 0. The molecule has 0 saturated carbocycles. The van der Waals surface area contributed by atoms with E-state index in [0.29, 0.717) is 5.92 Å². The molecule has 0 heterocycles. The van der Waals surface area contributed by atoms with Crippen LogP contribution in [0.5, 0.6) is 0 Å². The fourth-order valence-corrected chi connectivity index (χ4v) is 2.65. The Morgan fingerprint density at radius 1 is 1.38 bits per heavy atom. The second-order valence-electron chi connectivity index (χ2n) is 3.94. The predicted molar refractivity (Wildman–Crippen MR) is 70.6 cm³/mol. The number of carbonyl (C=O) groups is 1. The maximum Gasteiger partial charge on any atom is 0.230 e. The van der Waals surface area contributed by atoms with Crippen LogP contribution in [-0.4, -0.2) is 16.9 Å². The number of hydrogen-bond acceptors (Lipinski definition) is 2. The smallest absolute Gasteiger partial charge is 0.230 e. The molecule has 0 aliphatic rings. The largest absolute Gasteiger partial charge is 0.369 e. The Labute approximate surface area is 102 Å². The highest BCUT2D eigenvalue weighted by Gasteiger charge is 2.15. The zero-order chi connectivity index (χ0) is 12.0. The van der Waals surface area contributed by atoms with Crippen molar-refractivity contribution in [2.75, 3.05) is 5.75 Å². The van der Waals surface area contributed by atoms with Crippen molar-refractivity contribution in [3.05, 3.63) is 35.9 Å². The molecule has 0 aliphatic carbocycles. The number of primary amides is 1. The Morgan fingerprint density at radius 3 is 2.50 bits per heavy atom. The van der Waals surface area contributed by atoms with Gasteiger partial charge < -0.3 is 5.73 Å². The summed E-state index contributed by atoms with van der Waals surface area (Å²) in [5.41, 5.74) is 6.63. The molecule has 0 radical (unpaired) electrons. The molecule has 0 fully saturated rings. The summed E-state index contributed by atoms with van der Waals surface area (Å²) >= 11 is 1.66. The normalized spacial score (nSPS) is 14.4. The Balaban J connectivity index is 2.46. The molecule has 0 spiro atoms. The van der Waals surface area contributed by atoms with Gasteiger partial charge in [0, 0.05) is 5.75 Å². The van der Waals surface area contributed by atoms with Crippen molar-refractivity contribution >= 4 is 17.7 Å². The van der Waals surface area contributed by atoms with Crippen molar-refractivity contribution in [1.29, 1.82) is 0 Å². The zero-order valence-electron chi connectivity index (χ0n) is 9.85. The maximum absolute atomic E-state index is 11.1. The molecule has 2 nitrogen and oxygen atoms in total. The monoisotopic (exact) mass is 237 g/mol. The fourth-order valence-electron chi connectivity index (χ4n) is 1.54. The lowest BCUT2D eigenvalue weighted by atomic mass is 10.0. The van der Waals surface area contributed by atoms with Crippen molar-refractivity contribution in [3.63, 3.8) is 0 Å². The summed E-state index contributed by atoms with van der Waals surface area (Å²) in [5, 5.41) is -0.0498. The van der Waals surface area contributed by atoms with Crippen molar-refractivity contribution in [1.82, 2.24) is 0 Å². The van der Waals surface area contributed by atoms with Gasteiger partial charge in [0.25, 0.3) is 0 Å². The number of rotatable bonds is 6. The van der Waals surface area contributed by atoms with Crippen molar-refractivity contribution < 1.29 is 4.79 Å². The third-order valence-electron chi connectivity index (χ3n) is 2.60. The molecule has 0 aromatic heterocycles. The standard InChI is InChI=1S/C13H19NOS/c1-3-12(13(14)15)16-9-10(2)11-7-5-4-6-8-11/h4-8,10,12H,3,9H2,1-2H3,(H2,14,15)/t10-,12-/m1/s1. The van der Waals surface area contributed by atoms with Gasteiger partial charge in [0.15, 0.2) is 0 Å². The molecule has 1 aromatic rings. The summed E-state index contributed by atoms with van der Waals surface area (Å²) in [6, 6.07) is 10.3. The van der Waals surface area contributed by atoms with E-state index < -0.39 is 0 Å². The van der Waals surface area contributed by atoms with Gasteiger partial charge in [-0.05, 0) is 17.9 Å². The summed E-state index contributed by atoms with van der Waals surface area (Å²) in [4.78, 5) is 11.1. The average molecular weight is 237 g/mol. The van der Waals surface area contributed by atoms with Gasteiger partial charge in [-0.1, -0.05) is 44.2 Å². The van der Waals surface area contributed by atoms with Gasteiger partial charge in [-0.3, -0.25) is 4.79 Å². The molecular formula is C13H19NOS. The molecule has 1 rings (SSSR count). The Kier molecular flexibility index (Phi) is 5.39. The average Bonchev–Trinajstić information content (AvgIpc) is 2.30. The highest BCUT2D eigenvalue weighted by Crippen LogP contribution is 2.24. The Hall–Kier alpha value is -0.960. The van der Waals surface area contributed by atoms with E-state index in [0.717, 1.165) is 12.2 Å². The van der Waals surface area contributed by atoms with E-state index in [4.69, 9.17) is 5.73 Å². The summed E-state index contributed by atoms with van der Waals surface area (Å²) in [6.07, 6.45) is 0.807. The highest BCUT2D eigenvalue weighted by molar-refractivity contribution is 8.00. The maximum atomic E-state index is 11.1. The van der Waals surface area contributed by atoms with E-state index in [2.05, 4.69) is 19.1 Å². The zero-order valence-corrected chi connectivity index (χ0v) is 10.7. The molecule has 16 heavy (non-hydrogen) atoms. The predicted octanol–water partition coefficient (Wildman–Crippen LogP) is 2.79. The molecule has 3 heteroatoms. The molecule has 0 saturated heterocycles. The number of nitrogens with two attached hydrogens (primary N) is 1. The topological polar surface area (TPSA) is 43.1 Å². The molecule has 1 amide bonds. The van der Waals surface area contributed by atoms with Crippen LogP contribution >= 0.6 is 11.8 Å². The molecule has 0 aliphatic heterocycles. The van der Waals surface area contributed by atoms with Gasteiger partial charge in [-0.2, -0.15) is 0 Å². The first-order valence-corrected chi connectivity index (χ1v) is 6.65. The van der Waals surface area contributed by atoms with Crippen LogP contribution in [0.25, 0.3) is 0 Å². The first-order valence-electron chi connectivity index (χ1n) is 5.61. The van der Waals surface area contributed by atoms with Crippen LogP contribution in [0.4, 0.5) is 0 Å². The molecular weight excluding hydrogens is 218 g/mol. The molecule has 0 unspecified atom stereocenters. The number of amides is 1. The molecule has 1 aromatic carbocycles. The van der Waals surface area contributed by atoms with Crippen LogP contribution in [0, 0.1) is 0 Å². The van der Waals surface area contributed by atoms with Crippen LogP contribution in [0.15, 0.2) is 30.3 Å². The molecule has 88 valence electrons. The van der Waals surface area contributed by atoms with Gasteiger partial charge in [0.2, 0.25) is 5.91 Å². The van der Waals surface area contributed by atoms with Gasteiger partial charge >= 0.3 is 0 Å². The van der Waals surface area contributed by atoms with Gasteiger partial charge in [-0.15, -0.1) is 11.8 Å². The number of hydrogen-bond donors (Lipinski definition) is 1. The third kappa shape index (κ3) is 3.89. The first kappa shape index (κ1) is 13.1. The second-order valence-corrected chi connectivity index (χ2v) is 5.18. The van der Waals surface area contributed by atoms with Gasteiger partial charge in [-0.25, -0.2) is 0 Å². The first-order chi connectivity index (χ1) is 7.65. The molecule has 2 N–H and O–H groups in total. The van der Waals surface area contributed by atoms with Crippen LogP contribution in [0.1, 0.15) is 31.7 Å². The summed E-state index contributed by atoms with van der Waals surface area (Å²) in [6.45, 7) is 4.17. The third-order valence-corrected chi connectivity index (χ3v) is 4.26. The fraction of sp³-hybridized carbons (Fsp3) is 0.462. The quantitative estimate of drug-likeness (QED) is 0.826. The van der Waals surface area contributed by atoms with E-state index in [9.17, 15) is 4.79 Å². The number of benzene rings is 1. The van der Waals surface area contributed by atoms with Crippen LogP contribution in [-0.2, 0) is 4.79 Å². The number of carbonyl (C=O) groups excluding carboxylic acids is 1. The summed E-state index contributed by atoms with van der Waals surface area (Å²) in [5.74, 6) is 1.19. The lowest BCUT2D eigenvalue weighted by molar-refractivity contribution is -0.117. The minimum absolute atomic E-state index is 0.0498. The van der Waals surface area contributed by atoms with Crippen LogP contribution < -0.4 is 5.73 Å². The van der Waals surface area contributed by atoms with E-state index >= 15 is 0 Å². The number of thioether (sulfide) groups is 1. The molecule has 0 bridgehead atoms.